The SMILES string of the molecule is C=C/C(=C\C=C/C)c1ccc(/C=C/C(=C)NC(CC(=O)OCC)c2ccc(C)cc2)cc1. The Morgan fingerprint density at radius 1 is 1.12 bits per heavy atom. The molecule has 1 unspecified atom stereocenters. The van der Waals surface area contributed by atoms with Crippen molar-refractivity contribution in [3.63, 3.8) is 0 Å². The van der Waals surface area contributed by atoms with E-state index in [2.05, 4.69) is 42.7 Å². The minimum absolute atomic E-state index is 0.207. The van der Waals surface area contributed by atoms with Crippen molar-refractivity contribution in [3.8, 4) is 0 Å². The molecule has 0 aliphatic carbocycles. The second-order valence-electron chi connectivity index (χ2n) is 7.45. The highest BCUT2D eigenvalue weighted by atomic mass is 16.5. The van der Waals surface area contributed by atoms with E-state index < -0.39 is 0 Å². The Labute approximate surface area is 192 Å². The van der Waals surface area contributed by atoms with Gasteiger partial charge in [0.25, 0.3) is 0 Å². The number of rotatable bonds is 11. The summed E-state index contributed by atoms with van der Waals surface area (Å²) in [6, 6.07) is 16.2. The molecule has 0 aliphatic heterocycles. The van der Waals surface area contributed by atoms with Crippen molar-refractivity contribution in [1.29, 1.82) is 0 Å². The van der Waals surface area contributed by atoms with Gasteiger partial charge >= 0.3 is 5.97 Å². The fraction of sp³-hybridized carbons (Fsp3) is 0.207. The average molecular weight is 428 g/mol. The number of nitrogens with one attached hydrogen (secondary N) is 1. The van der Waals surface area contributed by atoms with Crippen LogP contribution in [-0.2, 0) is 9.53 Å². The molecule has 0 heterocycles. The van der Waals surface area contributed by atoms with Crippen molar-refractivity contribution >= 4 is 17.6 Å². The minimum Gasteiger partial charge on any atom is -0.466 e. The first-order chi connectivity index (χ1) is 15.5. The molecule has 0 fully saturated rings. The Morgan fingerprint density at radius 3 is 2.41 bits per heavy atom. The van der Waals surface area contributed by atoms with Crippen LogP contribution < -0.4 is 5.32 Å². The summed E-state index contributed by atoms with van der Waals surface area (Å²) < 4.78 is 5.15. The Morgan fingerprint density at radius 2 is 1.81 bits per heavy atom. The molecular formula is C29H33NO2. The first-order valence-electron chi connectivity index (χ1n) is 10.9. The highest BCUT2D eigenvalue weighted by Crippen LogP contribution is 2.21. The molecule has 1 N–H and O–H groups in total. The van der Waals surface area contributed by atoms with Crippen molar-refractivity contribution in [2.75, 3.05) is 6.61 Å². The number of esters is 1. The molecule has 166 valence electrons. The summed E-state index contributed by atoms with van der Waals surface area (Å²) in [6.07, 6.45) is 12.0. The van der Waals surface area contributed by atoms with E-state index in [0.717, 1.165) is 28.0 Å². The number of allylic oxidation sites excluding steroid dienone is 6. The molecule has 2 aromatic rings. The van der Waals surface area contributed by atoms with Crippen LogP contribution >= 0.6 is 0 Å². The van der Waals surface area contributed by atoms with Crippen LogP contribution in [-0.4, -0.2) is 12.6 Å². The van der Waals surface area contributed by atoms with Crippen LogP contribution in [0.1, 0.15) is 48.6 Å². The number of carbonyl (C=O) groups excluding carboxylic acids is 1. The Bertz CT molecular complexity index is 992. The summed E-state index contributed by atoms with van der Waals surface area (Å²) in [5, 5.41) is 3.36. The normalized spacial score (nSPS) is 12.7. The maximum absolute atomic E-state index is 12.1. The van der Waals surface area contributed by atoms with Crippen LogP contribution in [0.3, 0.4) is 0 Å². The Hall–Kier alpha value is -3.59. The smallest absolute Gasteiger partial charge is 0.308 e. The molecule has 0 saturated heterocycles. The van der Waals surface area contributed by atoms with Gasteiger partial charge in [0, 0.05) is 5.70 Å². The van der Waals surface area contributed by atoms with Gasteiger partial charge in [-0.2, -0.15) is 0 Å². The van der Waals surface area contributed by atoms with Gasteiger partial charge in [-0.05, 0) is 49.1 Å². The molecule has 2 aromatic carbocycles. The molecule has 3 heteroatoms. The summed E-state index contributed by atoms with van der Waals surface area (Å²) in [5.74, 6) is -0.234. The van der Waals surface area contributed by atoms with Gasteiger partial charge in [0.2, 0.25) is 0 Å². The molecule has 0 aliphatic rings. The predicted octanol–water partition coefficient (Wildman–Crippen LogP) is 6.95. The third kappa shape index (κ3) is 7.92. The lowest BCUT2D eigenvalue weighted by molar-refractivity contribution is -0.143. The molecule has 0 amide bonds. The second kappa shape index (κ2) is 13.0. The number of carbonyl (C=O) groups is 1. The van der Waals surface area contributed by atoms with E-state index in [1.54, 1.807) is 0 Å². The zero-order chi connectivity index (χ0) is 23.3. The maximum Gasteiger partial charge on any atom is 0.308 e. The molecule has 0 bridgehead atoms. The zero-order valence-corrected chi connectivity index (χ0v) is 19.3. The lowest BCUT2D eigenvalue weighted by Crippen LogP contribution is -2.23. The minimum atomic E-state index is -0.234. The largest absolute Gasteiger partial charge is 0.466 e. The maximum atomic E-state index is 12.1. The summed E-state index contributed by atoms with van der Waals surface area (Å²) in [5.41, 5.74) is 6.16. The van der Waals surface area contributed by atoms with Crippen molar-refractivity contribution < 1.29 is 9.53 Å². The van der Waals surface area contributed by atoms with Crippen LogP contribution in [0.4, 0.5) is 0 Å². The third-order valence-corrected chi connectivity index (χ3v) is 4.92. The fourth-order valence-corrected chi connectivity index (χ4v) is 3.17. The zero-order valence-electron chi connectivity index (χ0n) is 19.3. The van der Waals surface area contributed by atoms with Gasteiger partial charge < -0.3 is 10.1 Å². The third-order valence-electron chi connectivity index (χ3n) is 4.92. The number of benzene rings is 2. The first-order valence-corrected chi connectivity index (χ1v) is 10.9. The summed E-state index contributed by atoms with van der Waals surface area (Å²) >= 11 is 0. The standard InChI is InChI=1S/C29H33NO2/c1-6-9-10-25(7-2)26-19-15-24(16-20-26)14-13-23(5)30-28(21-29(31)32-8-3)27-17-11-22(4)12-18-27/h6-7,9-20,28,30H,2,5,8,21H2,1,3-4H3/b9-6-,14-13+,25-10+. The van der Waals surface area contributed by atoms with E-state index in [4.69, 9.17) is 4.74 Å². The van der Waals surface area contributed by atoms with Crippen LogP contribution in [0.5, 0.6) is 0 Å². The van der Waals surface area contributed by atoms with Gasteiger partial charge in [-0.3, -0.25) is 4.79 Å². The van der Waals surface area contributed by atoms with Gasteiger partial charge in [0.15, 0.2) is 0 Å². The quantitative estimate of drug-likeness (QED) is 0.311. The lowest BCUT2D eigenvalue weighted by Gasteiger charge is -2.20. The molecule has 2 rings (SSSR count). The Kier molecular flexibility index (Phi) is 9.99. The van der Waals surface area contributed by atoms with Crippen molar-refractivity contribution in [1.82, 2.24) is 5.32 Å². The average Bonchev–Trinajstić information content (AvgIpc) is 2.79. The van der Waals surface area contributed by atoms with Crippen molar-refractivity contribution in [2.24, 2.45) is 0 Å². The van der Waals surface area contributed by atoms with E-state index in [9.17, 15) is 4.79 Å². The number of hydrogen-bond acceptors (Lipinski definition) is 3. The van der Waals surface area contributed by atoms with E-state index >= 15 is 0 Å². The summed E-state index contributed by atoms with van der Waals surface area (Å²) in [7, 11) is 0. The monoisotopic (exact) mass is 427 g/mol. The predicted molar refractivity (Wildman–Crippen MR) is 136 cm³/mol. The van der Waals surface area contributed by atoms with Gasteiger partial charge in [-0.25, -0.2) is 0 Å². The van der Waals surface area contributed by atoms with E-state index in [1.165, 1.54) is 5.56 Å². The van der Waals surface area contributed by atoms with Gasteiger partial charge in [-0.15, -0.1) is 0 Å². The molecule has 3 nitrogen and oxygen atoms in total. The van der Waals surface area contributed by atoms with Gasteiger partial charge in [-0.1, -0.05) is 97.6 Å². The summed E-state index contributed by atoms with van der Waals surface area (Å²) in [4.78, 5) is 12.1. The van der Waals surface area contributed by atoms with Gasteiger partial charge in [0.1, 0.15) is 0 Å². The van der Waals surface area contributed by atoms with E-state index in [1.807, 2.05) is 81.5 Å². The Balaban J connectivity index is 2.10. The van der Waals surface area contributed by atoms with Crippen molar-refractivity contribution in [3.05, 3.63) is 120 Å². The number of aryl methyl sites for hydroxylation is 1. The van der Waals surface area contributed by atoms with Crippen LogP contribution in [0.25, 0.3) is 11.6 Å². The van der Waals surface area contributed by atoms with Gasteiger partial charge in [0.05, 0.1) is 19.1 Å². The van der Waals surface area contributed by atoms with E-state index in [-0.39, 0.29) is 18.4 Å². The molecule has 1 atom stereocenters. The summed E-state index contributed by atoms with van der Waals surface area (Å²) in [6.45, 7) is 14.2. The molecule has 0 saturated carbocycles. The first kappa shape index (κ1) is 24.7. The molecule has 0 aromatic heterocycles. The number of ether oxygens (including phenoxy) is 1. The topological polar surface area (TPSA) is 38.3 Å². The second-order valence-corrected chi connectivity index (χ2v) is 7.45. The molecule has 0 radical (unpaired) electrons. The van der Waals surface area contributed by atoms with Crippen LogP contribution in [0.15, 0.2) is 97.8 Å². The van der Waals surface area contributed by atoms with Crippen molar-refractivity contribution in [2.45, 2.75) is 33.2 Å². The van der Waals surface area contributed by atoms with Crippen LogP contribution in [0.2, 0.25) is 0 Å². The van der Waals surface area contributed by atoms with E-state index in [0.29, 0.717) is 6.61 Å². The highest BCUT2D eigenvalue weighted by Gasteiger charge is 2.16. The number of hydrogen-bond donors (Lipinski definition) is 1. The molecular weight excluding hydrogens is 394 g/mol. The lowest BCUT2D eigenvalue weighted by atomic mass is 10.0. The highest BCUT2D eigenvalue weighted by molar-refractivity contribution is 5.75. The van der Waals surface area contributed by atoms with Crippen LogP contribution in [0, 0.1) is 6.92 Å². The fourth-order valence-electron chi connectivity index (χ4n) is 3.17. The molecule has 32 heavy (non-hydrogen) atoms. The molecule has 0 spiro atoms.